The van der Waals surface area contributed by atoms with Gasteiger partial charge < -0.3 is 15.4 Å². The van der Waals surface area contributed by atoms with Gasteiger partial charge in [0.15, 0.2) is 5.96 Å². The van der Waals surface area contributed by atoms with Crippen LogP contribution in [0.3, 0.4) is 0 Å². The van der Waals surface area contributed by atoms with Crippen LogP contribution in [0.5, 0.6) is 11.6 Å². The number of aliphatic imine (C=N–C) groups is 1. The molecule has 0 fully saturated rings. The average molecular weight is 472 g/mol. The Bertz CT molecular complexity index is 662. The molecule has 1 aromatic heterocycles. The Kier molecular flexibility index (Phi) is 10.6. The largest absolute Gasteiger partial charge is 0.439 e. The minimum absolute atomic E-state index is 0. The SMILES string of the molecule is CCCCCNC(=NC)NCc1ccc(Oc2ccc(F)cc2)nc1.I. The molecule has 2 N–H and O–H groups in total. The van der Waals surface area contributed by atoms with Crippen molar-refractivity contribution >= 4 is 29.9 Å². The topological polar surface area (TPSA) is 58.5 Å². The highest BCUT2D eigenvalue weighted by atomic mass is 127. The summed E-state index contributed by atoms with van der Waals surface area (Å²) in [6.45, 7) is 3.72. The number of hydrogen-bond acceptors (Lipinski definition) is 3. The molecular weight excluding hydrogens is 446 g/mol. The summed E-state index contributed by atoms with van der Waals surface area (Å²) < 4.78 is 18.5. The summed E-state index contributed by atoms with van der Waals surface area (Å²) in [6.07, 6.45) is 5.29. The second-order valence-electron chi connectivity index (χ2n) is 5.62. The number of pyridine rings is 1. The van der Waals surface area contributed by atoms with Gasteiger partial charge in [-0.05, 0) is 36.2 Å². The molecule has 0 unspecified atom stereocenters. The molecule has 26 heavy (non-hydrogen) atoms. The van der Waals surface area contributed by atoms with Crippen molar-refractivity contribution in [1.29, 1.82) is 0 Å². The lowest BCUT2D eigenvalue weighted by Gasteiger charge is -2.12. The molecule has 0 spiro atoms. The molecule has 0 saturated carbocycles. The van der Waals surface area contributed by atoms with E-state index in [2.05, 4.69) is 27.5 Å². The van der Waals surface area contributed by atoms with Crippen LogP contribution >= 0.6 is 24.0 Å². The normalized spacial score (nSPS) is 10.8. The predicted octanol–water partition coefficient (Wildman–Crippen LogP) is 4.49. The lowest BCUT2D eigenvalue weighted by molar-refractivity contribution is 0.461. The third-order valence-corrected chi connectivity index (χ3v) is 3.59. The van der Waals surface area contributed by atoms with Gasteiger partial charge in [-0.2, -0.15) is 0 Å². The first-order valence-electron chi connectivity index (χ1n) is 8.54. The lowest BCUT2D eigenvalue weighted by atomic mass is 10.2. The average Bonchev–Trinajstić information content (AvgIpc) is 2.64. The smallest absolute Gasteiger partial charge is 0.219 e. The Balaban J connectivity index is 0.00000338. The number of aromatic nitrogens is 1. The van der Waals surface area contributed by atoms with E-state index in [0.29, 0.717) is 18.2 Å². The van der Waals surface area contributed by atoms with Crippen molar-refractivity contribution in [3.05, 3.63) is 54.0 Å². The first-order chi connectivity index (χ1) is 12.2. The molecule has 1 heterocycles. The number of nitrogens with zero attached hydrogens (tertiary/aromatic N) is 2. The fourth-order valence-electron chi connectivity index (χ4n) is 2.19. The molecule has 0 aliphatic heterocycles. The van der Waals surface area contributed by atoms with Gasteiger partial charge in [-0.25, -0.2) is 9.37 Å². The van der Waals surface area contributed by atoms with E-state index < -0.39 is 0 Å². The fourth-order valence-corrected chi connectivity index (χ4v) is 2.19. The molecule has 0 aliphatic rings. The zero-order chi connectivity index (χ0) is 17.9. The molecule has 0 atom stereocenters. The zero-order valence-corrected chi connectivity index (χ0v) is 17.5. The van der Waals surface area contributed by atoms with Gasteiger partial charge in [0.25, 0.3) is 0 Å². The molecule has 0 radical (unpaired) electrons. The predicted molar refractivity (Wildman–Crippen MR) is 114 cm³/mol. The standard InChI is InChI=1S/C19H25FN4O.HI/c1-3-4-5-12-22-19(21-2)24-14-15-6-11-18(23-13-15)25-17-9-7-16(20)8-10-17;/h6-11,13H,3-5,12,14H2,1-2H3,(H2,21,22,24);1H. The van der Waals surface area contributed by atoms with E-state index in [9.17, 15) is 4.39 Å². The van der Waals surface area contributed by atoms with Crippen molar-refractivity contribution < 1.29 is 9.13 Å². The molecule has 2 rings (SSSR count). The van der Waals surface area contributed by atoms with E-state index in [1.165, 1.54) is 25.0 Å². The molecule has 7 heteroatoms. The molecule has 1 aromatic carbocycles. The second-order valence-corrected chi connectivity index (χ2v) is 5.62. The molecule has 5 nitrogen and oxygen atoms in total. The number of hydrogen-bond donors (Lipinski definition) is 2. The minimum atomic E-state index is -0.293. The van der Waals surface area contributed by atoms with Crippen LogP contribution < -0.4 is 15.4 Å². The van der Waals surface area contributed by atoms with Gasteiger partial charge in [-0.3, -0.25) is 4.99 Å². The first kappa shape index (κ1) is 22.1. The molecule has 0 amide bonds. The van der Waals surface area contributed by atoms with Gasteiger partial charge in [0.1, 0.15) is 11.6 Å². The zero-order valence-electron chi connectivity index (χ0n) is 15.2. The van der Waals surface area contributed by atoms with Gasteiger partial charge in [0, 0.05) is 32.4 Å². The highest BCUT2D eigenvalue weighted by molar-refractivity contribution is 14.0. The summed E-state index contributed by atoms with van der Waals surface area (Å²) in [5, 5.41) is 6.54. The van der Waals surface area contributed by atoms with E-state index in [4.69, 9.17) is 4.74 Å². The van der Waals surface area contributed by atoms with Crippen molar-refractivity contribution in [2.45, 2.75) is 32.7 Å². The van der Waals surface area contributed by atoms with Gasteiger partial charge in [0.05, 0.1) is 0 Å². The van der Waals surface area contributed by atoms with Crippen LogP contribution in [0.1, 0.15) is 31.7 Å². The van der Waals surface area contributed by atoms with Gasteiger partial charge >= 0.3 is 0 Å². The number of unbranched alkanes of at least 4 members (excludes halogenated alkanes) is 2. The summed E-state index contributed by atoms with van der Waals surface area (Å²) in [7, 11) is 1.76. The quantitative estimate of drug-likeness (QED) is 0.257. The van der Waals surface area contributed by atoms with Crippen molar-refractivity contribution in [3.8, 4) is 11.6 Å². The summed E-state index contributed by atoms with van der Waals surface area (Å²) in [6, 6.07) is 9.57. The van der Waals surface area contributed by atoms with E-state index in [1.54, 1.807) is 31.4 Å². The van der Waals surface area contributed by atoms with Crippen LogP contribution in [0.15, 0.2) is 47.6 Å². The summed E-state index contributed by atoms with van der Waals surface area (Å²) in [5.74, 6) is 1.51. The number of halogens is 2. The van der Waals surface area contributed by atoms with Crippen LogP contribution in [0.2, 0.25) is 0 Å². The second kappa shape index (κ2) is 12.5. The van der Waals surface area contributed by atoms with Crippen molar-refractivity contribution in [1.82, 2.24) is 15.6 Å². The number of nitrogens with one attached hydrogen (secondary N) is 2. The van der Waals surface area contributed by atoms with E-state index in [1.807, 2.05) is 6.07 Å². The number of guanidine groups is 1. The molecule has 0 bridgehead atoms. The summed E-state index contributed by atoms with van der Waals surface area (Å²) in [4.78, 5) is 8.47. The van der Waals surface area contributed by atoms with Crippen LogP contribution in [-0.4, -0.2) is 24.5 Å². The fraction of sp³-hybridized carbons (Fsp3) is 0.368. The first-order valence-corrected chi connectivity index (χ1v) is 8.54. The maximum atomic E-state index is 12.9. The van der Waals surface area contributed by atoms with E-state index >= 15 is 0 Å². The molecule has 2 aromatic rings. The summed E-state index contributed by atoms with van der Waals surface area (Å²) in [5.41, 5.74) is 1.02. The number of benzene rings is 1. The highest BCUT2D eigenvalue weighted by Crippen LogP contribution is 2.19. The lowest BCUT2D eigenvalue weighted by Crippen LogP contribution is -2.37. The highest BCUT2D eigenvalue weighted by Gasteiger charge is 2.02. The van der Waals surface area contributed by atoms with Gasteiger partial charge in [0.2, 0.25) is 5.88 Å². The van der Waals surface area contributed by atoms with E-state index in [-0.39, 0.29) is 29.8 Å². The Morgan fingerprint density at radius 2 is 1.88 bits per heavy atom. The molecular formula is C19H26FIN4O. The number of rotatable bonds is 8. The molecule has 142 valence electrons. The maximum Gasteiger partial charge on any atom is 0.219 e. The minimum Gasteiger partial charge on any atom is -0.439 e. The van der Waals surface area contributed by atoms with Crippen molar-refractivity contribution in [2.75, 3.05) is 13.6 Å². The molecule has 0 aliphatic carbocycles. The van der Waals surface area contributed by atoms with Gasteiger partial charge in [-0.15, -0.1) is 24.0 Å². The third kappa shape index (κ3) is 7.99. The van der Waals surface area contributed by atoms with Crippen molar-refractivity contribution in [2.24, 2.45) is 4.99 Å². The van der Waals surface area contributed by atoms with E-state index in [0.717, 1.165) is 24.5 Å². The molecule has 0 saturated heterocycles. The Hall–Kier alpha value is -1.90. The summed E-state index contributed by atoms with van der Waals surface area (Å²) >= 11 is 0. The van der Waals surface area contributed by atoms with Crippen LogP contribution in [0.25, 0.3) is 0 Å². The Morgan fingerprint density at radius 3 is 2.50 bits per heavy atom. The Morgan fingerprint density at radius 1 is 1.12 bits per heavy atom. The third-order valence-electron chi connectivity index (χ3n) is 3.59. The maximum absolute atomic E-state index is 12.9. The van der Waals surface area contributed by atoms with Crippen LogP contribution in [-0.2, 0) is 6.54 Å². The number of ether oxygens (including phenoxy) is 1. The van der Waals surface area contributed by atoms with Gasteiger partial charge in [-0.1, -0.05) is 25.8 Å². The van der Waals surface area contributed by atoms with Crippen LogP contribution in [0, 0.1) is 5.82 Å². The van der Waals surface area contributed by atoms with Crippen LogP contribution in [0.4, 0.5) is 4.39 Å². The monoisotopic (exact) mass is 472 g/mol. The Labute approximate surface area is 171 Å². The van der Waals surface area contributed by atoms with Crippen molar-refractivity contribution in [3.63, 3.8) is 0 Å².